The number of aromatic nitrogens is 7. The van der Waals surface area contributed by atoms with Gasteiger partial charge in [-0.25, -0.2) is 30.4 Å². The van der Waals surface area contributed by atoms with Crippen molar-refractivity contribution in [3.05, 3.63) is 261 Å². The summed E-state index contributed by atoms with van der Waals surface area (Å²) < 4.78 is 50.5. The van der Waals surface area contributed by atoms with Gasteiger partial charge in [-0.1, -0.05) is 71.0 Å². The van der Waals surface area contributed by atoms with E-state index in [1.807, 2.05) is 163 Å². The molecule has 13 aromatic rings. The standard InChI is InChI=1S/C30H29N5O4.C26H24BrN3O4.C22H21N5O3/c1-19-6-5-7-27-23(19)14-28(39-27)26-17-38-33-29(35(26)16-21-8-10-22(36-3)11-9-21)24-12-13-25(30(32-24)37-4)34-15-20(2)31-18-34;1-16-5-4-6-23-19(16)13-24(34-23)22-15-33-29-25(21-12-11-20(27)26(28-21)32-3)30(22)14-17-7-9-18(31-2)10-8-17;1-13-5-4-6-19-15(13)9-20(30-19)17-11-29-26-21(24-17)16-7-8-18(22(25-16)28-3)27-10-14(2)23-12-27/h5-15,18,26H,16-17H2,1-4H3;4-13,22H,14-15H2,1-3H3;4-10,12,17H,11H2,1-3H3,(H,24,26)/t26-;22-;17-/m111/s1. The van der Waals surface area contributed by atoms with Crippen LogP contribution in [-0.4, -0.2) is 117 Å². The fourth-order valence-corrected chi connectivity index (χ4v) is 12.8. The van der Waals surface area contributed by atoms with Gasteiger partial charge in [-0.15, -0.1) is 0 Å². The summed E-state index contributed by atoms with van der Waals surface area (Å²) in [5.41, 5.74) is 16.4. The van der Waals surface area contributed by atoms with Gasteiger partial charge in [0, 0.05) is 41.6 Å². The molecule has 0 aliphatic carbocycles. The topological polar surface area (TPSA) is 243 Å². The molecule has 0 saturated carbocycles. The molecule has 0 saturated heterocycles. The van der Waals surface area contributed by atoms with Gasteiger partial charge in [0.05, 0.1) is 64.1 Å². The van der Waals surface area contributed by atoms with Crippen LogP contribution in [0.5, 0.6) is 29.1 Å². The Kier molecular flexibility index (Phi) is 19.9. The maximum Gasteiger partial charge on any atom is 0.238 e. The number of benzene rings is 5. The summed E-state index contributed by atoms with van der Waals surface area (Å²) in [6, 6.07) is 51.1. The Morgan fingerprint density at radius 2 is 0.893 bits per heavy atom. The van der Waals surface area contributed by atoms with Gasteiger partial charge in [0.1, 0.15) is 112 Å². The second-order valence-electron chi connectivity index (χ2n) is 24.7. The number of nitrogens with one attached hydrogen (secondary N) is 1. The zero-order chi connectivity index (χ0) is 71.3. The highest BCUT2D eigenvalue weighted by atomic mass is 79.9. The summed E-state index contributed by atoms with van der Waals surface area (Å²) in [5, 5.41) is 12.1. The smallest absolute Gasteiger partial charge is 0.238 e. The minimum Gasteiger partial charge on any atom is -0.497 e. The predicted octanol–water partition coefficient (Wildman–Crippen LogP) is 15.1. The van der Waals surface area contributed by atoms with Crippen LogP contribution in [0.3, 0.4) is 0 Å². The van der Waals surface area contributed by atoms with E-state index in [0.717, 1.165) is 106 Å². The summed E-state index contributed by atoms with van der Waals surface area (Å²) in [7, 11) is 8.10. The number of oxime groups is 2. The molecule has 0 bridgehead atoms. The molecule has 0 radical (unpaired) electrons. The molecule has 16 rings (SSSR count). The number of amidine groups is 3. The minimum atomic E-state index is -0.267. The number of hydrogen-bond donors (Lipinski definition) is 1. The molecule has 3 aliphatic rings. The Balaban J connectivity index is 0.000000132. The van der Waals surface area contributed by atoms with Crippen molar-refractivity contribution in [1.82, 2.24) is 49.3 Å². The van der Waals surface area contributed by atoms with E-state index in [9.17, 15) is 0 Å². The number of aliphatic imine (C=N–C) groups is 1. The van der Waals surface area contributed by atoms with Crippen molar-refractivity contribution in [2.45, 2.75) is 65.8 Å². The summed E-state index contributed by atoms with van der Waals surface area (Å²) in [5.74, 6) is 7.11. The summed E-state index contributed by atoms with van der Waals surface area (Å²) >= 11 is 3.47. The number of hydrogen-bond acceptors (Lipinski definition) is 22. The highest BCUT2D eigenvalue weighted by Crippen LogP contribution is 2.38. The third-order valence-corrected chi connectivity index (χ3v) is 18.5. The molecule has 11 heterocycles. The monoisotopic (exact) mass is 1450 g/mol. The number of hydroxylamine groups is 1. The van der Waals surface area contributed by atoms with Crippen molar-refractivity contribution >= 4 is 66.3 Å². The van der Waals surface area contributed by atoms with Gasteiger partial charge in [0.25, 0.3) is 0 Å². The average Bonchev–Trinajstić information content (AvgIpc) is 1.75. The number of imidazole rings is 2. The van der Waals surface area contributed by atoms with Gasteiger partial charge < -0.3 is 65.5 Å². The average molecular weight is 1450 g/mol. The van der Waals surface area contributed by atoms with Crippen LogP contribution in [0, 0.1) is 34.6 Å². The van der Waals surface area contributed by atoms with E-state index >= 15 is 0 Å². The van der Waals surface area contributed by atoms with Crippen molar-refractivity contribution in [1.29, 1.82) is 0 Å². The maximum atomic E-state index is 6.35. The van der Waals surface area contributed by atoms with Gasteiger partial charge in [-0.3, -0.25) is 9.83 Å². The lowest BCUT2D eigenvalue weighted by atomic mass is 10.1. The third kappa shape index (κ3) is 14.5. The molecule has 103 heavy (non-hydrogen) atoms. The Hall–Kier alpha value is -12.0. The number of nitrogens with zero attached hydrogens (tertiary/aromatic N) is 12. The number of pyridine rings is 3. The first-order valence-electron chi connectivity index (χ1n) is 33.2. The fraction of sp³-hybridized carbons (Fsp3) is 0.231. The van der Waals surface area contributed by atoms with Crippen LogP contribution in [0.2, 0.25) is 0 Å². The van der Waals surface area contributed by atoms with Crippen LogP contribution in [-0.2, 0) is 27.6 Å². The van der Waals surface area contributed by atoms with Crippen LogP contribution >= 0.6 is 15.9 Å². The second kappa shape index (κ2) is 30.1. The molecule has 25 heteroatoms. The normalized spacial score (nSPS) is 15.7. The number of methoxy groups -OCH3 is 5. The van der Waals surface area contributed by atoms with Crippen LogP contribution < -0.4 is 29.2 Å². The van der Waals surface area contributed by atoms with Gasteiger partial charge in [0.15, 0.2) is 17.5 Å². The lowest BCUT2D eigenvalue weighted by molar-refractivity contribution is 0.0500. The van der Waals surface area contributed by atoms with Gasteiger partial charge in [-0.2, -0.15) is 0 Å². The quantitative estimate of drug-likeness (QED) is 0.0890. The number of rotatable bonds is 17. The van der Waals surface area contributed by atoms with Crippen LogP contribution in [0.15, 0.2) is 216 Å². The number of furan rings is 3. The summed E-state index contributed by atoms with van der Waals surface area (Å²) in [4.78, 5) is 48.9. The first-order chi connectivity index (χ1) is 50.2. The summed E-state index contributed by atoms with van der Waals surface area (Å²) in [6.07, 6.45) is 7.31. The molecule has 3 aliphatic heterocycles. The zero-order valence-electron chi connectivity index (χ0n) is 58.3. The molecular formula is C78H74BrN13O11. The number of halogens is 1. The first-order valence-corrected chi connectivity index (χ1v) is 34.0. The molecule has 3 atom stereocenters. The van der Waals surface area contributed by atoms with Crippen molar-refractivity contribution in [2.75, 3.05) is 55.4 Å². The number of aryl methyl sites for hydroxylation is 5. The minimum absolute atomic E-state index is 0.196. The molecule has 8 aromatic heterocycles. The van der Waals surface area contributed by atoms with Gasteiger partial charge in [0.2, 0.25) is 17.6 Å². The van der Waals surface area contributed by atoms with Crippen LogP contribution in [0.4, 0.5) is 0 Å². The Bertz CT molecular complexity index is 5290. The highest BCUT2D eigenvalue weighted by molar-refractivity contribution is 9.10. The molecular weight excluding hydrogens is 1370 g/mol. The van der Waals surface area contributed by atoms with E-state index in [2.05, 4.69) is 113 Å². The molecule has 5 aromatic carbocycles. The lowest BCUT2D eigenvalue weighted by Crippen LogP contribution is -2.40. The predicted molar refractivity (Wildman–Crippen MR) is 393 cm³/mol. The zero-order valence-corrected chi connectivity index (χ0v) is 59.9. The van der Waals surface area contributed by atoms with E-state index in [1.54, 1.807) is 48.2 Å². The van der Waals surface area contributed by atoms with Crippen molar-refractivity contribution in [2.24, 2.45) is 15.3 Å². The van der Waals surface area contributed by atoms with E-state index in [4.69, 9.17) is 61.4 Å². The van der Waals surface area contributed by atoms with Crippen molar-refractivity contribution < 1.29 is 51.4 Å². The lowest BCUT2D eigenvalue weighted by Gasteiger charge is -2.35. The van der Waals surface area contributed by atoms with E-state index < -0.39 is 0 Å². The van der Waals surface area contributed by atoms with Crippen molar-refractivity contribution in [3.8, 4) is 40.5 Å². The van der Waals surface area contributed by atoms with E-state index in [1.165, 1.54) is 11.1 Å². The number of fused-ring (bicyclic) bond motifs is 3. The summed E-state index contributed by atoms with van der Waals surface area (Å²) in [6.45, 7) is 12.3. The molecule has 0 spiro atoms. The molecule has 524 valence electrons. The molecule has 0 amide bonds. The fourth-order valence-electron chi connectivity index (χ4n) is 12.5. The van der Waals surface area contributed by atoms with Gasteiger partial charge in [-0.05, 0) is 175 Å². The molecule has 24 nitrogen and oxygen atoms in total. The van der Waals surface area contributed by atoms with E-state index in [-0.39, 0.29) is 18.1 Å². The highest BCUT2D eigenvalue weighted by Gasteiger charge is 2.36. The molecule has 1 N–H and O–H groups in total. The Morgan fingerprint density at radius 3 is 1.33 bits per heavy atom. The van der Waals surface area contributed by atoms with E-state index in [0.29, 0.717) is 85.1 Å². The molecule has 0 fully saturated rings. The SMILES string of the molecule is COc1ccc(CN2C(c3ccc(-n4cnc(C)c4)c(OC)n3)=NOC[C@@H]2c2cc3c(C)cccc3o2)cc1.COc1ccc(CN2C(c3ccc(Br)c(OC)n3)=NOC[C@@H]2c2cc3c(C)cccc3o2)cc1.COc1nc(C2=N[C@@H](c3cc4c(C)cccc4o3)CON2)ccc1-n1cnc(C)c1. The van der Waals surface area contributed by atoms with Gasteiger partial charge >= 0.3 is 0 Å². The largest absolute Gasteiger partial charge is 0.497 e. The molecule has 0 unspecified atom stereocenters. The Morgan fingerprint density at radius 1 is 0.466 bits per heavy atom. The maximum absolute atomic E-state index is 6.35. The Labute approximate surface area is 601 Å². The van der Waals surface area contributed by atoms with Crippen LogP contribution in [0.25, 0.3) is 44.3 Å². The third-order valence-electron chi connectivity index (χ3n) is 17.9. The second-order valence-corrected chi connectivity index (χ2v) is 25.6. The first kappa shape index (κ1) is 68.2. The van der Waals surface area contributed by atoms with Crippen LogP contribution in [0.1, 0.15) is 91.7 Å². The number of ether oxygens (including phenoxy) is 5. The van der Waals surface area contributed by atoms with Crippen molar-refractivity contribution in [3.63, 3.8) is 0 Å².